The SMILES string of the molecule is Cc1noc(NC(=O)c2ccncc2C=CC(=O)O)c1C. The highest BCUT2D eigenvalue weighted by molar-refractivity contribution is 6.06. The molecule has 0 radical (unpaired) electrons. The van der Waals surface area contributed by atoms with E-state index in [9.17, 15) is 9.59 Å². The largest absolute Gasteiger partial charge is 0.478 e. The summed E-state index contributed by atoms with van der Waals surface area (Å²) in [4.78, 5) is 26.7. The fourth-order valence-electron chi connectivity index (χ4n) is 1.61. The molecule has 7 heteroatoms. The van der Waals surface area contributed by atoms with Gasteiger partial charge in [-0.15, -0.1) is 0 Å². The topological polar surface area (TPSA) is 105 Å². The van der Waals surface area contributed by atoms with Crippen LogP contribution in [-0.2, 0) is 4.79 Å². The van der Waals surface area contributed by atoms with E-state index in [1.54, 1.807) is 13.8 Å². The summed E-state index contributed by atoms with van der Waals surface area (Å²) in [5.74, 6) is -1.27. The molecule has 0 fully saturated rings. The lowest BCUT2D eigenvalue weighted by Gasteiger charge is -2.05. The van der Waals surface area contributed by atoms with Crippen LogP contribution in [0.1, 0.15) is 27.2 Å². The monoisotopic (exact) mass is 287 g/mol. The molecule has 2 N–H and O–H groups in total. The summed E-state index contributed by atoms with van der Waals surface area (Å²) in [6.07, 6.45) is 5.11. The first-order valence-electron chi connectivity index (χ1n) is 6.08. The van der Waals surface area contributed by atoms with Crippen molar-refractivity contribution in [3.05, 3.63) is 46.9 Å². The zero-order valence-corrected chi connectivity index (χ0v) is 11.5. The molecular formula is C14H13N3O4. The molecule has 0 atom stereocenters. The Morgan fingerprint density at radius 1 is 1.38 bits per heavy atom. The van der Waals surface area contributed by atoms with E-state index in [-0.39, 0.29) is 11.4 Å². The van der Waals surface area contributed by atoms with Gasteiger partial charge in [0.1, 0.15) is 0 Å². The highest BCUT2D eigenvalue weighted by atomic mass is 16.5. The van der Waals surface area contributed by atoms with Crippen molar-refractivity contribution in [2.75, 3.05) is 5.32 Å². The smallest absolute Gasteiger partial charge is 0.328 e. The molecule has 7 nitrogen and oxygen atoms in total. The van der Waals surface area contributed by atoms with Crippen molar-refractivity contribution in [1.82, 2.24) is 10.1 Å². The third-order valence-corrected chi connectivity index (χ3v) is 2.89. The predicted molar refractivity (Wildman–Crippen MR) is 74.8 cm³/mol. The maximum atomic E-state index is 12.2. The molecule has 0 aliphatic carbocycles. The number of carbonyl (C=O) groups is 2. The van der Waals surface area contributed by atoms with Crippen molar-refractivity contribution < 1.29 is 19.2 Å². The van der Waals surface area contributed by atoms with Gasteiger partial charge in [0, 0.05) is 29.6 Å². The average Bonchev–Trinajstić information content (AvgIpc) is 2.77. The quantitative estimate of drug-likeness (QED) is 0.833. The van der Waals surface area contributed by atoms with Crippen LogP contribution in [0.4, 0.5) is 5.88 Å². The Bertz CT molecular complexity index is 719. The molecule has 2 rings (SSSR count). The Hall–Kier alpha value is -2.96. The van der Waals surface area contributed by atoms with Crippen LogP contribution in [0.25, 0.3) is 6.08 Å². The minimum atomic E-state index is -1.10. The Morgan fingerprint density at radius 2 is 2.14 bits per heavy atom. The number of amides is 1. The number of hydrogen-bond donors (Lipinski definition) is 2. The molecule has 0 spiro atoms. The first kappa shape index (κ1) is 14.4. The van der Waals surface area contributed by atoms with Gasteiger partial charge in [0.05, 0.1) is 11.3 Å². The van der Waals surface area contributed by atoms with E-state index in [2.05, 4.69) is 15.5 Å². The number of carboxylic acids is 1. The third kappa shape index (κ3) is 3.33. The number of pyridine rings is 1. The lowest BCUT2D eigenvalue weighted by molar-refractivity contribution is -0.131. The number of hydrogen-bond acceptors (Lipinski definition) is 5. The van der Waals surface area contributed by atoms with E-state index in [4.69, 9.17) is 9.63 Å². The fourth-order valence-corrected chi connectivity index (χ4v) is 1.61. The van der Waals surface area contributed by atoms with Gasteiger partial charge in [-0.1, -0.05) is 5.16 Å². The number of aryl methyl sites for hydroxylation is 1. The summed E-state index contributed by atoms with van der Waals surface area (Å²) in [5, 5.41) is 15.0. The van der Waals surface area contributed by atoms with Crippen LogP contribution in [0.3, 0.4) is 0 Å². The van der Waals surface area contributed by atoms with Gasteiger partial charge in [0.15, 0.2) is 0 Å². The number of carboxylic acid groups (broad SMARTS) is 1. The number of nitrogens with one attached hydrogen (secondary N) is 1. The van der Waals surface area contributed by atoms with Crippen LogP contribution in [-0.4, -0.2) is 27.1 Å². The Kier molecular flexibility index (Phi) is 4.13. The van der Waals surface area contributed by atoms with Gasteiger partial charge in [-0.2, -0.15) is 0 Å². The normalized spacial score (nSPS) is 10.8. The van der Waals surface area contributed by atoms with Gasteiger partial charge in [-0.3, -0.25) is 15.1 Å². The lowest BCUT2D eigenvalue weighted by atomic mass is 10.1. The van der Waals surface area contributed by atoms with Gasteiger partial charge >= 0.3 is 5.97 Å². The van der Waals surface area contributed by atoms with E-state index < -0.39 is 11.9 Å². The fraction of sp³-hybridized carbons (Fsp3) is 0.143. The van der Waals surface area contributed by atoms with E-state index in [0.717, 1.165) is 11.6 Å². The van der Waals surface area contributed by atoms with E-state index in [1.807, 2.05) is 0 Å². The maximum absolute atomic E-state index is 12.2. The number of aliphatic carboxylic acids is 1. The minimum Gasteiger partial charge on any atom is -0.478 e. The second-order valence-corrected chi connectivity index (χ2v) is 4.31. The van der Waals surface area contributed by atoms with Crippen LogP contribution in [0.15, 0.2) is 29.1 Å². The van der Waals surface area contributed by atoms with Crippen LogP contribution >= 0.6 is 0 Å². The summed E-state index contributed by atoms with van der Waals surface area (Å²) in [5.41, 5.74) is 2.10. The molecular weight excluding hydrogens is 274 g/mol. The van der Waals surface area contributed by atoms with Crippen LogP contribution in [0.2, 0.25) is 0 Å². The molecule has 1 amide bonds. The Morgan fingerprint density at radius 3 is 2.76 bits per heavy atom. The molecule has 0 aliphatic heterocycles. The Balaban J connectivity index is 2.27. The molecule has 2 aromatic heterocycles. The van der Waals surface area contributed by atoms with Crippen LogP contribution in [0.5, 0.6) is 0 Å². The van der Waals surface area contributed by atoms with E-state index in [1.165, 1.54) is 24.5 Å². The van der Waals surface area contributed by atoms with Crippen molar-refractivity contribution in [2.45, 2.75) is 13.8 Å². The first-order valence-corrected chi connectivity index (χ1v) is 6.08. The number of carbonyl (C=O) groups excluding carboxylic acids is 1. The molecule has 0 saturated carbocycles. The molecule has 108 valence electrons. The number of aromatic nitrogens is 2. The van der Waals surface area contributed by atoms with Crippen molar-refractivity contribution in [1.29, 1.82) is 0 Å². The summed E-state index contributed by atoms with van der Waals surface area (Å²) >= 11 is 0. The molecule has 2 aromatic rings. The summed E-state index contributed by atoms with van der Waals surface area (Å²) in [6, 6.07) is 1.50. The molecule has 21 heavy (non-hydrogen) atoms. The minimum absolute atomic E-state index is 0.266. The van der Waals surface area contributed by atoms with Gasteiger partial charge in [0.2, 0.25) is 5.88 Å². The van der Waals surface area contributed by atoms with Crippen molar-refractivity contribution in [2.24, 2.45) is 0 Å². The Labute approximate surface area is 120 Å². The van der Waals surface area contributed by atoms with Crippen molar-refractivity contribution in [3.63, 3.8) is 0 Å². The highest BCUT2D eigenvalue weighted by Crippen LogP contribution is 2.19. The van der Waals surface area contributed by atoms with Crippen molar-refractivity contribution in [3.8, 4) is 0 Å². The zero-order valence-electron chi connectivity index (χ0n) is 11.5. The number of nitrogens with zero attached hydrogens (tertiary/aromatic N) is 2. The van der Waals surface area contributed by atoms with Crippen LogP contribution in [0, 0.1) is 13.8 Å². The molecule has 0 bridgehead atoms. The van der Waals surface area contributed by atoms with Gasteiger partial charge in [-0.05, 0) is 26.0 Å². The van der Waals surface area contributed by atoms with E-state index >= 15 is 0 Å². The lowest BCUT2D eigenvalue weighted by Crippen LogP contribution is -2.13. The third-order valence-electron chi connectivity index (χ3n) is 2.89. The molecule has 2 heterocycles. The molecule has 0 aliphatic rings. The van der Waals surface area contributed by atoms with Crippen LogP contribution < -0.4 is 5.32 Å². The average molecular weight is 287 g/mol. The standard InChI is InChI=1S/C14H13N3O4/c1-8-9(2)17-21-14(8)16-13(20)11-5-6-15-7-10(11)3-4-12(18)19/h3-7H,1-2H3,(H,16,20)(H,18,19). The van der Waals surface area contributed by atoms with Crippen molar-refractivity contribution >= 4 is 23.8 Å². The van der Waals surface area contributed by atoms with Gasteiger partial charge in [0.25, 0.3) is 5.91 Å². The summed E-state index contributed by atoms with van der Waals surface area (Å²) < 4.78 is 5.02. The van der Waals surface area contributed by atoms with Gasteiger partial charge in [-0.25, -0.2) is 4.79 Å². The highest BCUT2D eigenvalue weighted by Gasteiger charge is 2.15. The molecule has 0 aromatic carbocycles. The summed E-state index contributed by atoms with van der Waals surface area (Å²) in [7, 11) is 0. The predicted octanol–water partition coefficient (Wildman–Crippen LogP) is 2.04. The molecule has 0 saturated heterocycles. The second kappa shape index (κ2) is 6.00. The second-order valence-electron chi connectivity index (χ2n) is 4.31. The maximum Gasteiger partial charge on any atom is 0.328 e. The van der Waals surface area contributed by atoms with Gasteiger partial charge < -0.3 is 9.63 Å². The van der Waals surface area contributed by atoms with E-state index in [0.29, 0.717) is 11.3 Å². The molecule has 0 unspecified atom stereocenters. The number of anilines is 1. The zero-order chi connectivity index (χ0) is 15.4. The first-order chi connectivity index (χ1) is 9.99. The number of rotatable bonds is 4. The summed E-state index contributed by atoms with van der Waals surface area (Å²) in [6.45, 7) is 3.54.